The summed E-state index contributed by atoms with van der Waals surface area (Å²) in [5, 5.41) is 5.18. The van der Waals surface area contributed by atoms with Crippen molar-refractivity contribution in [3.63, 3.8) is 0 Å². The van der Waals surface area contributed by atoms with Gasteiger partial charge in [0, 0.05) is 19.6 Å². The number of nitrogens with one attached hydrogen (secondary N) is 1. The molecule has 0 aromatic heterocycles. The molecule has 0 spiro atoms. The van der Waals surface area contributed by atoms with E-state index in [0.717, 1.165) is 36.7 Å². The molecule has 1 aliphatic rings. The van der Waals surface area contributed by atoms with Crippen molar-refractivity contribution < 1.29 is 9.63 Å². The van der Waals surface area contributed by atoms with Crippen LogP contribution < -0.4 is 16.0 Å². The summed E-state index contributed by atoms with van der Waals surface area (Å²) in [5.41, 5.74) is 9.85. The van der Waals surface area contributed by atoms with Crippen molar-refractivity contribution in [2.24, 2.45) is 5.41 Å². The number of anilines is 3. The number of piperazine rings is 1. The number of hydroxylamine groups is 2. The second kappa shape index (κ2) is 8.52. The lowest BCUT2D eigenvalue weighted by Crippen LogP contribution is -2.48. The molecule has 0 aliphatic carbocycles. The number of para-hydroxylation sites is 1. The van der Waals surface area contributed by atoms with Crippen molar-refractivity contribution in [2.45, 2.75) is 27.3 Å². The number of nitrogen functional groups attached to an aromatic ring is 1. The Morgan fingerprint density at radius 3 is 2.36 bits per heavy atom. The van der Waals surface area contributed by atoms with Gasteiger partial charge in [0.25, 0.3) is 0 Å². The predicted octanol–water partition coefficient (Wildman–Crippen LogP) is 3.51. The number of benzene rings is 2. The third kappa shape index (κ3) is 4.95. The van der Waals surface area contributed by atoms with Crippen LogP contribution in [0.3, 0.4) is 0 Å². The Hall–Kier alpha value is -2.73. The molecule has 0 radical (unpaired) electrons. The van der Waals surface area contributed by atoms with Crippen molar-refractivity contribution in [1.29, 1.82) is 0 Å². The van der Waals surface area contributed by atoms with Gasteiger partial charge in [-0.05, 0) is 38.5 Å². The molecule has 1 saturated heterocycles. The van der Waals surface area contributed by atoms with Gasteiger partial charge in [0.1, 0.15) is 0 Å². The molecule has 3 N–H and O–H groups in total. The smallest absolute Gasteiger partial charge is 0.330 e. The molecule has 0 atom stereocenters. The zero-order valence-electron chi connectivity index (χ0n) is 16.9. The summed E-state index contributed by atoms with van der Waals surface area (Å²) in [6, 6.07) is 16.3. The minimum atomic E-state index is -0.500. The van der Waals surface area contributed by atoms with Gasteiger partial charge in [-0.15, -0.1) is 5.06 Å². The van der Waals surface area contributed by atoms with Crippen LogP contribution in [0, 0.1) is 5.41 Å². The largest absolute Gasteiger partial charge is 0.395 e. The summed E-state index contributed by atoms with van der Waals surface area (Å²) in [5.74, 6) is -0.201. The Bertz CT molecular complexity index is 794. The highest BCUT2D eigenvalue weighted by Crippen LogP contribution is 2.31. The van der Waals surface area contributed by atoms with Crippen LogP contribution in [0.5, 0.6) is 0 Å². The number of carbonyl (C=O) groups excluding carboxylic acids is 1. The highest BCUT2D eigenvalue weighted by atomic mass is 16.7. The molecule has 2 aromatic rings. The molecule has 1 fully saturated rings. The summed E-state index contributed by atoms with van der Waals surface area (Å²) < 4.78 is 0. The minimum Gasteiger partial charge on any atom is -0.395 e. The second-order valence-electron chi connectivity index (χ2n) is 8.12. The summed E-state index contributed by atoms with van der Waals surface area (Å²) in [6.07, 6.45) is 0. The molecule has 28 heavy (non-hydrogen) atoms. The predicted molar refractivity (Wildman–Crippen MR) is 114 cm³/mol. The first-order valence-electron chi connectivity index (χ1n) is 9.73. The van der Waals surface area contributed by atoms with Crippen LogP contribution in [0.15, 0.2) is 48.5 Å². The zero-order valence-corrected chi connectivity index (χ0v) is 16.9. The van der Waals surface area contributed by atoms with E-state index in [2.05, 4.69) is 22.3 Å². The highest BCUT2D eigenvalue weighted by molar-refractivity contribution is 5.81. The first-order valence-corrected chi connectivity index (χ1v) is 9.73. The van der Waals surface area contributed by atoms with Crippen molar-refractivity contribution in [1.82, 2.24) is 5.06 Å². The van der Waals surface area contributed by atoms with E-state index in [9.17, 15) is 4.79 Å². The van der Waals surface area contributed by atoms with E-state index in [1.54, 1.807) is 5.06 Å². The molecular formula is C22H30N4O2. The molecular weight excluding hydrogens is 352 g/mol. The van der Waals surface area contributed by atoms with E-state index in [4.69, 9.17) is 10.6 Å². The average molecular weight is 383 g/mol. The fourth-order valence-corrected chi connectivity index (χ4v) is 3.05. The Kier molecular flexibility index (Phi) is 6.09. The maximum Gasteiger partial charge on any atom is 0.330 e. The highest BCUT2D eigenvalue weighted by Gasteiger charge is 2.28. The topological polar surface area (TPSA) is 70.8 Å². The van der Waals surface area contributed by atoms with E-state index >= 15 is 0 Å². The Labute approximate surface area is 167 Å². The van der Waals surface area contributed by atoms with Crippen molar-refractivity contribution in [2.75, 3.05) is 42.1 Å². The molecule has 1 heterocycles. The average Bonchev–Trinajstić information content (AvgIpc) is 2.68. The molecule has 1 aliphatic heterocycles. The van der Waals surface area contributed by atoms with Gasteiger partial charge >= 0.3 is 5.97 Å². The quantitative estimate of drug-likeness (QED) is 0.771. The fourth-order valence-electron chi connectivity index (χ4n) is 3.05. The number of hydrogen-bond donors (Lipinski definition) is 2. The zero-order chi connectivity index (χ0) is 20.1. The van der Waals surface area contributed by atoms with Gasteiger partial charge in [-0.1, -0.05) is 36.4 Å². The molecule has 3 rings (SSSR count). The van der Waals surface area contributed by atoms with Crippen LogP contribution in [0.25, 0.3) is 0 Å². The van der Waals surface area contributed by atoms with Gasteiger partial charge in [0.2, 0.25) is 0 Å². The Morgan fingerprint density at radius 2 is 1.71 bits per heavy atom. The Morgan fingerprint density at radius 1 is 1.04 bits per heavy atom. The van der Waals surface area contributed by atoms with Gasteiger partial charge in [-0.2, -0.15) is 0 Å². The van der Waals surface area contributed by atoms with Crippen LogP contribution >= 0.6 is 0 Å². The number of nitrogens with zero attached hydrogens (tertiary/aromatic N) is 2. The molecule has 6 nitrogen and oxygen atoms in total. The van der Waals surface area contributed by atoms with E-state index in [0.29, 0.717) is 13.1 Å². The van der Waals surface area contributed by atoms with E-state index in [1.165, 1.54) is 5.56 Å². The Balaban J connectivity index is 1.60. The SMILES string of the molecule is CC(C)(C)C(=O)ON1CCN(c2cccc(NCc3ccccc3)c2N)CC1. The van der Waals surface area contributed by atoms with Crippen LogP contribution in [0.2, 0.25) is 0 Å². The lowest BCUT2D eigenvalue weighted by Gasteiger charge is -2.36. The molecule has 0 bridgehead atoms. The maximum absolute atomic E-state index is 12.1. The number of rotatable bonds is 5. The fraction of sp³-hybridized carbons (Fsp3) is 0.409. The molecule has 0 saturated carbocycles. The van der Waals surface area contributed by atoms with Crippen molar-refractivity contribution in [3.8, 4) is 0 Å². The summed E-state index contributed by atoms with van der Waals surface area (Å²) in [7, 11) is 0. The number of hydrogen-bond acceptors (Lipinski definition) is 6. The molecule has 0 amide bonds. The maximum atomic E-state index is 12.1. The van der Waals surface area contributed by atoms with E-state index < -0.39 is 5.41 Å². The van der Waals surface area contributed by atoms with Crippen LogP contribution in [-0.2, 0) is 16.2 Å². The third-order valence-corrected chi connectivity index (χ3v) is 4.81. The van der Waals surface area contributed by atoms with Gasteiger partial charge in [-0.25, -0.2) is 4.79 Å². The molecule has 2 aromatic carbocycles. The first kappa shape index (κ1) is 20.0. The summed E-state index contributed by atoms with van der Waals surface area (Å²) in [4.78, 5) is 19.8. The molecule has 6 heteroatoms. The summed E-state index contributed by atoms with van der Waals surface area (Å²) >= 11 is 0. The third-order valence-electron chi connectivity index (χ3n) is 4.81. The number of carbonyl (C=O) groups is 1. The lowest BCUT2D eigenvalue weighted by molar-refractivity contribution is -0.201. The number of nitrogens with two attached hydrogens (primary N) is 1. The van der Waals surface area contributed by atoms with Gasteiger partial charge in [0.05, 0.1) is 35.6 Å². The van der Waals surface area contributed by atoms with Crippen molar-refractivity contribution in [3.05, 3.63) is 54.1 Å². The van der Waals surface area contributed by atoms with E-state index in [1.807, 2.05) is 57.2 Å². The van der Waals surface area contributed by atoms with E-state index in [-0.39, 0.29) is 5.97 Å². The van der Waals surface area contributed by atoms with Gasteiger partial charge in [0.15, 0.2) is 0 Å². The molecule has 0 unspecified atom stereocenters. The van der Waals surface area contributed by atoms with Crippen LogP contribution in [0.1, 0.15) is 26.3 Å². The second-order valence-corrected chi connectivity index (χ2v) is 8.12. The van der Waals surface area contributed by atoms with Gasteiger partial charge < -0.3 is 20.8 Å². The monoisotopic (exact) mass is 382 g/mol. The van der Waals surface area contributed by atoms with Crippen molar-refractivity contribution >= 4 is 23.0 Å². The normalized spacial score (nSPS) is 15.3. The first-order chi connectivity index (χ1) is 13.3. The summed E-state index contributed by atoms with van der Waals surface area (Å²) in [6.45, 7) is 9.13. The van der Waals surface area contributed by atoms with Crippen LogP contribution in [0.4, 0.5) is 17.1 Å². The van der Waals surface area contributed by atoms with Crippen LogP contribution in [-0.4, -0.2) is 37.2 Å². The molecule has 150 valence electrons. The lowest BCUT2D eigenvalue weighted by atomic mass is 9.98. The van der Waals surface area contributed by atoms with Gasteiger partial charge in [-0.3, -0.25) is 0 Å². The minimum absolute atomic E-state index is 0.201. The standard InChI is InChI=1S/C22H30N4O2/c1-22(2,3)21(27)28-26-14-12-25(13-15-26)19-11-7-10-18(20(19)23)24-16-17-8-5-4-6-9-17/h4-11,24H,12-16,23H2,1-3H3.